The number of hydrogen-bond donors (Lipinski definition) is 1. The van der Waals surface area contributed by atoms with Crippen molar-refractivity contribution in [2.24, 2.45) is 5.92 Å². The highest BCUT2D eigenvalue weighted by Crippen LogP contribution is 2.34. The van der Waals surface area contributed by atoms with E-state index in [2.05, 4.69) is 0 Å². The average molecular weight is 310 g/mol. The topological polar surface area (TPSA) is 74.7 Å². The van der Waals surface area contributed by atoms with E-state index in [0.717, 1.165) is 16.9 Å². The van der Waals surface area contributed by atoms with Crippen molar-refractivity contribution in [2.75, 3.05) is 13.1 Å². The Bertz CT molecular complexity index is 555. The van der Waals surface area contributed by atoms with Gasteiger partial charge in [-0.2, -0.15) is 4.31 Å². The van der Waals surface area contributed by atoms with Crippen molar-refractivity contribution >= 4 is 38.9 Å². The summed E-state index contributed by atoms with van der Waals surface area (Å²) in [5, 5.41) is 8.61. The summed E-state index contributed by atoms with van der Waals surface area (Å²) >= 11 is 6.89. The van der Waals surface area contributed by atoms with Crippen LogP contribution in [0.25, 0.3) is 0 Å². The Morgan fingerprint density at radius 3 is 2.67 bits per heavy atom. The summed E-state index contributed by atoms with van der Waals surface area (Å²) < 4.78 is 26.3. The minimum absolute atomic E-state index is 0.0102. The van der Waals surface area contributed by atoms with Gasteiger partial charge in [0.2, 0.25) is 0 Å². The maximum atomic E-state index is 12.1. The summed E-state index contributed by atoms with van der Waals surface area (Å²) in [6.45, 7) is 2.29. The highest BCUT2D eigenvalue weighted by atomic mass is 35.5. The van der Waals surface area contributed by atoms with E-state index in [4.69, 9.17) is 16.7 Å². The Kier molecular flexibility index (Phi) is 3.68. The number of aliphatic carboxylic acids is 1. The lowest BCUT2D eigenvalue weighted by atomic mass is 10.00. The van der Waals surface area contributed by atoms with Crippen LogP contribution in [0.5, 0.6) is 0 Å². The molecule has 18 heavy (non-hydrogen) atoms. The smallest absolute Gasteiger partial charge is 0.303 e. The molecule has 0 bridgehead atoms. The second-order valence-corrected chi connectivity index (χ2v) is 8.13. The summed E-state index contributed by atoms with van der Waals surface area (Å²) in [4.78, 5) is 10.5. The lowest BCUT2D eigenvalue weighted by Crippen LogP contribution is -2.50. The van der Waals surface area contributed by atoms with Crippen molar-refractivity contribution < 1.29 is 18.3 Å². The largest absolute Gasteiger partial charge is 0.481 e. The number of carbonyl (C=O) groups is 1. The maximum Gasteiger partial charge on any atom is 0.303 e. The van der Waals surface area contributed by atoms with Gasteiger partial charge in [0.15, 0.2) is 0 Å². The van der Waals surface area contributed by atoms with Crippen molar-refractivity contribution in [1.82, 2.24) is 4.31 Å². The molecule has 0 radical (unpaired) electrons. The monoisotopic (exact) mass is 309 g/mol. The van der Waals surface area contributed by atoms with Gasteiger partial charge < -0.3 is 5.11 Å². The molecule has 1 aliphatic heterocycles. The van der Waals surface area contributed by atoms with E-state index in [1.54, 1.807) is 13.0 Å². The second kappa shape index (κ2) is 4.80. The predicted molar refractivity (Wildman–Crippen MR) is 68.6 cm³/mol. The molecule has 1 aromatic heterocycles. The molecule has 0 aliphatic carbocycles. The zero-order valence-electron chi connectivity index (χ0n) is 9.59. The Hall–Kier alpha value is -0.630. The Labute approximate surface area is 114 Å². The number of carboxylic acid groups (broad SMARTS) is 1. The molecule has 1 saturated heterocycles. The van der Waals surface area contributed by atoms with Gasteiger partial charge in [0, 0.05) is 13.1 Å². The molecule has 0 spiro atoms. The summed E-state index contributed by atoms with van der Waals surface area (Å²) in [5.74, 6) is -0.985. The second-order valence-electron chi connectivity index (χ2n) is 4.31. The fourth-order valence-electron chi connectivity index (χ4n) is 1.78. The van der Waals surface area contributed by atoms with Crippen molar-refractivity contribution in [2.45, 2.75) is 17.6 Å². The molecular weight excluding hydrogens is 298 g/mol. The number of halogens is 1. The van der Waals surface area contributed by atoms with Crippen LogP contribution in [0.2, 0.25) is 4.34 Å². The van der Waals surface area contributed by atoms with Gasteiger partial charge in [-0.1, -0.05) is 11.6 Å². The molecule has 0 unspecified atom stereocenters. The quantitative estimate of drug-likeness (QED) is 0.920. The van der Waals surface area contributed by atoms with Crippen LogP contribution in [0.15, 0.2) is 10.3 Å². The van der Waals surface area contributed by atoms with Crippen LogP contribution in [0.4, 0.5) is 0 Å². The van der Waals surface area contributed by atoms with Crippen molar-refractivity contribution in [3.05, 3.63) is 16.0 Å². The van der Waals surface area contributed by atoms with E-state index in [1.807, 2.05) is 0 Å². The van der Waals surface area contributed by atoms with Crippen molar-refractivity contribution in [3.8, 4) is 0 Å². The molecule has 0 amide bonds. The van der Waals surface area contributed by atoms with Crippen LogP contribution in [0, 0.1) is 12.8 Å². The van der Waals surface area contributed by atoms with Gasteiger partial charge >= 0.3 is 5.97 Å². The van der Waals surface area contributed by atoms with Crippen LogP contribution in [-0.2, 0) is 14.8 Å². The molecule has 1 aromatic rings. The third-order valence-corrected chi connectivity index (χ3v) is 6.65. The van der Waals surface area contributed by atoms with Gasteiger partial charge in [-0.3, -0.25) is 4.79 Å². The molecular formula is C10H12ClNO4S2. The van der Waals surface area contributed by atoms with Gasteiger partial charge in [-0.05, 0) is 24.5 Å². The van der Waals surface area contributed by atoms with Crippen LogP contribution < -0.4 is 0 Å². The number of sulfonamides is 1. The minimum Gasteiger partial charge on any atom is -0.481 e. The number of thiophene rings is 1. The number of rotatable bonds is 4. The fraction of sp³-hybridized carbons (Fsp3) is 0.500. The number of nitrogens with zero attached hydrogens (tertiary/aromatic N) is 1. The normalized spacial score (nSPS) is 17.7. The SMILES string of the molecule is Cc1cc(S(=O)(=O)N2CC(CC(=O)O)C2)sc1Cl. The van der Waals surface area contributed by atoms with Crippen LogP contribution in [0.3, 0.4) is 0 Å². The number of carboxylic acids is 1. The first kappa shape index (κ1) is 13.8. The Morgan fingerprint density at radius 2 is 2.22 bits per heavy atom. The molecule has 1 fully saturated rings. The third-order valence-electron chi connectivity index (χ3n) is 2.82. The highest BCUT2D eigenvalue weighted by Gasteiger charge is 2.38. The molecule has 100 valence electrons. The molecule has 0 saturated carbocycles. The maximum absolute atomic E-state index is 12.1. The zero-order chi connectivity index (χ0) is 13.5. The highest BCUT2D eigenvalue weighted by molar-refractivity contribution is 7.91. The van der Waals surface area contributed by atoms with E-state index in [-0.39, 0.29) is 29.6 Å². The van der Waals surface area contributed by atoms with Crippen LogP contribution in [-0.4, -0.2) is 36.9 Å². The van der Waals surface area contributed by atoms with Gasteiger partial charge in [0.05, 0.1) is 10.8 Å². The van der Waals surface area contributed by atoms with Gasteiger partial charge in [0.25, 0.3) is 10.0 Å². The average Bonchev–Trinajstić information content (AvgIpc) is 2.52. The van der Waals surface area contributed by atoms with E-state index in [9.17, 15) is 13.2 Å². The lowest BCUT2D eigenvalue weighted by Gasteiger charge is -2.36. The first-order valence-corrected chi connectivity index (χ1v) is 7.92. The molecule has 5 nitrogen and oxygen atoms in total. The molecule has 2 rings (SSSR count). The predicted octanol–water partition coefficient (Wildman–Crippen LogP) is 1.81. The molecule has 1 N–H and O–H groups in total. The number of hydrogen-bond acceptors (Lipinski definition) is 4. The van der Waals surface area contributed by atoms with Crippen LogP contribution >= 0.6 is 22.9 Å². The van der Waals surface area contributed by atoms with E-state index < -0.39 is 16.0 Å². The number of aryl methyl sites for hydroxylation is 1. The van der Waals surface area contributed by atoms with Gasteiger partial charge in [-0.25, -0.2) is 8.42 Å². The van der Waals surface area contributed by atoms with E-state index in [0.29, 0.717) is 4.34 Å². The minimum atomic E-state index is -3.50. The first-order chi connectivity index (χ1) is 8.30. The first-order valence-electron chi connectivity index (χ1n) is 5.28. The third kappa shape index (κ3) is 2.54. The lowest BCUT2D eigenvalue weighted by molar-refractivity contribution is -0.139. The molecule has 1 aliphatic rings. The standard InChI is InChI=1S/C10H12ClNO4S2/c1-6-2-9(17-10(6)11)18(15,16)12-4-7(5-12)3-8(13)14/h2,7H,3-5H2,1H3,(H,13,14). The molecule has 0 atom stereocenters. The van der Waals surface area contributed by atoms with E-state index in [1.165, 1.54) is 4.31 Å². The summed E-state index contributed by atoms with van der Waals surface area (Å²) in [6.07, 6.45) is 0.0102. The van der Waals surface area contributed by atoms with Gasteiger partial charge in [0.1, 0.15) is 4.21 Å². The van der Waals surface area contributed by atoms with E-state index >= 15 is 0 Å². The van der Waals surface area contributed by atoms with Crippen molar-refractivity contribution in [1.29, 1.82) is 0 Å². The Balaban J connectivity index is 2.08. The molecule has 8 heteroatoms. The molecule has 0 aromatic carbocycles. The summed E-state index contributed by atoms with van der Waals surface area (Å²) in [6, 6.07) is 1.55. The Morgan fingerprint density at radius 1 is 1.61 bits per heavy atom. The fourth-order valence-corrected chi connectivity index (χ4v) is 5.24. The summed E-state index contributed by atoms with van der Waals surface area (Å²) in [7, 11) is -3.50. The molecule has 2 heterocycles. The zero-order valence-corrected chi connectivity index (χ0v) is 12.0. The summed E-state index contributed by atoms with van der Waals surface area (Å²) in [5.41, 5.74) is 0.739. The van der Waals surface area contributed by atoms with Gasteiger partial charge in [-0.15, -0.1) is 11.3 Å². The van der Waals surface area contributed by atoms with Crippen molar-refractivity contribution in [3.63, 3.8) is 0 Å². The van der Waals surface area contributed by atoms with Crippen LogP contribution in [0.1, 0.15) is 12.0 Å².